The van der Waals surface area contributed by atoms with Crippen LogP contribution < -0.4 is 48.6 Å². The summed E-state index contributed by atoms with van der Waals surface area (Å²) in [6.45, 7) is 6.88. The molecule has 84 heavy (non-hydrogen) atoms. The number of aryl methyl sites for hydroxylation is 1. The smallest absolute Gasteiger partial charge is 0.383 e. The Bertz CT molecular complexity index is 2410. The van der Waals surface area contributed by atoms with Gasteiger partial charge in [-0.2, -0.15) is 15.2 Å². The Kier molecular flexibility index (Phi) is 32.4. The molecule has 32 nitrogen and oxygen atoms in total. The molecule has 0 spiro atoms. The third-order valence-corrected chi connectivity index (χ3v) is 14.6. The van der Waals surface area contributed by atoms with Crippen molar-refractivity contribution in [2.75, 3.05) is 91.4 Å². The number of phosphoric acid groups is 2. The van der Waals surface area contributed by atoms with Crippen molar-refractivity contribution in [1.29, 1.82) is 0 Å². The summed E-state index contributed by atoms with van der Waals surface area (Å²) in [5.74, 6) is -1.26. The topological polar surface area (TPSA) is 452 Å². The number of nitrogens with two attached hydrogens (primary N) is 1. The minimum Gasteiger partial charge on any atom is -0.383 e. The molecule has 4 heterocycles. The number of urea groups is 1. The van der Waals surface area contributed by atoms with E-state index < -0.39 is 64.0 Å². The number of aromatic nitrogens is 2. The molecule has 13 N–H and O–H groups in total. The Morgan fingerprint density at radius 3 is 1.94 bits per heavy atom. The van der Waals surface area contributed by atoms with Gasteiger partial charge in [0.05, 0.1) is 65.5 Å². The Morgan fingerprint density at radius 2 is 1.31 bits per heavy atom. The zero-order valence-electron chi connectivity index (χ0n) is 48.0. The molecule has 1 aromatic heterocycles. The van der Waals surface area contributed by atoms with Gasteiger partial charge in [0.2, 0.25) is 29.5 Å². The molecule has 2 fully saturated rings. The molecule has 1 unspecified atom stereocenters. The van der Waals surface area contributed by atoms with Gasteiger partial charge in [0.1, 0.15) is 30.3 Å². The maximum Gasteiger partial charge on any atom is 0.469 e. The SMILES string of the molecule is C[C@@H]1NC(=O)N[C@@H]1CCCCCC(=O)NCCOCCOCCOCCOCCC(=O)NCCCC[C@H](NC(=O)CCCCCNC(=O)CCC1(C)N=N1)C(=O)NCCCc1cn([C@H]2CC(OP(=O)(O)O)[C@@H](COP(=O)(O)O)O2)c(=O)nc1N. The van der Waals surface area contributed by atoms with Crippen molar-refractivity contribution < 1.29 is 90.2 Å². The molecule has 3 aliphatic heterocycles. The second kappa shape index (κ2) is 38.2. The van der Waals surface area contributed by atoms with Crippen LogP contribution in [-0.2, 0) is 72.3 Å². The van der Waals surface area contributed by atoms with Gasteiger partial charge in [-0.1, -0.05) is 19.3 Å². The molecular formula is C50H88N12O20P2. The van der Waals surface area contributed by atoms with Crippen LogP contribution in [0.25, 0.3) is 0 Å². The molecule has 34 heteroatoms. The third-order valence-electron chi connectivity index (χ3n) is 13.6. The molecule has 0 aromatic carbocycles. The van der Waals surface area contributed by atoms with Crippen LogP contribution in [-0.4, -0.2) is 186 Å². The lowest BCUT2D eigenvalue weighted by molar-refractivity contribution is -0.129. The first-order chi connectivity index (χ1) is 40.0. The first kappa shape index (κ1) is 71.4. The number of hydrogen-bond acceptors (Lipinski definition) is 20. The number of nitrogens with one attached hydrogen (secondary N) is 7. The van der Waals surface area contributed by atoms with Gasteiger partial charge in [0.15, 0.2) is 5.66 Å². The number of nitrogens with zero attached hydrogens (tertiary/aromatic N) is 4. The number of phosphoric ester groups is 2. The molecule has 6 atom stereocenters. The number of amides is 7. The molecule has 0 saturated carbocycles. The van der Waals surface area contributed by atoms with Gasteiger partial charge >= 0.3 is 27.4 Å². The summed E-state index contributed by atoms with van der Waals surface area (Å²) in [6, 6.07) is -0.791. The van der Waals surface area contributed by atoms with Gasteiger partial charge in [-0.05, 0) is 71.6 Å². The maximum atomic E-state index is 13.5. The summed E-state index contributed by atoms with van der Waals surface area (Å²) in [4.78, 5) is 129. The van der Waals surface area contributed by atoms with Crippen molar-refractivity contribution in [2.24, 2.45) is 10.2 Å². The maximum absolute atomic E-state index is 13.5. The molecule has 478 valence electrons. The van der Waals surface area contributed by atoms with Crippen molar-refractivity contribution in [2.45, 2.75) is 172 Å². The van der Waals surface area contributed by atoms with Crippen LogP contribution in [0.5, 0.6) is 0 Å². The van der Waals surface area contributed by atoms with Gasteiger partial charge in [0, 0.05) is 82.5 Å². The van der Waals surface area contributed by atoms with E-state index in [0.29, 0.717) is 116 Å². The van der Waals surface area contributed by atoms with E-state index in [0.717, 1.165) is 30.3 Å². The number of unbranched alkanes of at least 4 members (excludes halogenated alkanes) is 5. The second-order valence-corrected chi connectivity index (χ2v) is 23.2. The number of anilines is 1. The van der Waals surface area contributed by atoms with Gasteiger partial charge in [-0.15, -0.1) is 0 Å². The Hall–Kier alpha value is -5.08. The van der Waals surface area contributed by atoms with Crippen molar-refractivity contribution in [3.8, 4) is 0 Å². The monoisotopic (exact) mass is 1240 g/mol. The molecule has 2 saturated heterocycles. The minimum atomic E-state index is -5.11. The van der Waals surface area contributed by atoms with Crippen LogP contribution in [0, 0.1) is 0 Å². The third kappa shape index (κ3) is 31.4. The van der Waals surface area contributed by atoms with Crippen molar-refractivity contribution in [3.63, 3.8) is 0 Å². The van der Waals surface area contributed by atoms with E-state index in [1.807, 2.05) is 13.8 Å². The highest BCUT2D eigenvalue weighted by molar-refractivity contribution is 7.46. The van der Waals surface area contributed by atoms with Crippen molar-refractivity contribution in [3.05, 3.63) is 22.2 Å². The number of carbonyl (C=O) groups is 6. The van der Waals surface area contributed by atoms with Crippen LogP contribution in [0.15, 0.2) is 21.2 Å². The summed E-state index contributed by atoms with van der Waals surface area (Å²) >= 11 is 0. The van der Waals surface area contributed by atoms with Gasteiger partial charge in [-0.25, -0.2) is 18.7 Å². The fourth-order valence-corrected chi connectivity index (χ4v) is 9.76. The normalized spacial score (nSPS) is 19.3. The largest absolute Gasteiger partial charge is 0.469 e. The summed E-state index contributed by atoms with van der Waals surface area (Å²) < 4.78 is 60.9. The summed E-state index contributed by atoms with van der Waals surface area (Å²) in [6.07, 6.45) is 5.48. The zero-order valence-corrected chi connectivity index (χ0v) is 49.8. The first-order valence-electron chi connectivity index (χ1n) is 28.7. The molecule has 0 bridgehead atoms. The predicted molar refractivity (Wildman–Crippen MR) is 299 cm³/mol. The molecule has 7 amide bonds. The predicted octanol–water partition coefficient (Wildman–Crippen LogP) is 0.752. The number of rotatable bonds is 47. The van der Waals surface area contributed by atoms with Gasteiger partial charge in [0.25, 0.3) is 0 Å². The van der Waals surface area contributed by atoms with E-state index in [4.69, 9.17) is 43.7 Å². The lowest BCUT2D eigenvalue weighted by Crippen LogP contribution is -2.47. The fourth-order valence-electron chi connectivity index (χ4n) is 8.85. The summed E-state index contributed by atoms with van der Waals surface area (Å²) in [5, 5.41) is 27.7. The first-order valence-corrected chi connectivity index (χ1v) is 31.7. The van der Waals surface area contributed by atoms with E-state index in [1.54, 1.807) is 0 Å². The van der Waals surface area contributed by atoms with Gasteiger partial charge in [-0.3, -0.25) is 37.6 Å². The minimum absolute atomic E-state index is 0.0173. The van der Waals surface area contributed by atoms with Crippen LogP contribution >= 0.6 is 15.6 Å². The lowest BCUT2D eigenvalue weighted by atomic mass is 10.0. The highest BCUT2D eigenvalue weighted by atomic mass is 31.2. The van der Waals surface area contributed by atoms with Gasteiger partial charge < -0.3 is 86.2 Å². The molecule has 0 radical (unpaired) electrons. The second-order valence-electron chi connectivity index (χ2n) is 20.7. The van der Waals surface area contributed by atoms with Crippen LogP contribution in [0.4, 0.5) is 10.6 Å². The lowest BCUT2D eigenvalue weighted by Gasteiger charge is -2.19. The van der Waals surface area contributed by atoms with E-state index in [1.165, 1.54) is 6.20 Å². The molecule has 4 rings (SSSR count). The molecule has 1 aromatic rings. The average Bonchev–Trinajstić information content (AvgIpc) is 4.16. The Balaban J connectivity index is 1.08. The highest BCUT2D eigenvalue weighted by Gasteiger charge is 2.42. The zero-order chi connectivity index (χ0) is 61.4. The summed E-state index contributed by atoms with van der Waals surface area (Å²) in [5.41, 5.74) is 5.06. The number of carbonyl (C=O) groups excluding carboxylic acids is 6. The Morgan fingerprint density at radius 1 is 0.726 bits per heavy atom. The van der Waals surface area contributed by atoms with Crippen molar-refractivity contribution in [1.82, 2.24) is 46.8 Å². The summed E-state index contributed by atoms with van der Waals surface area (Å²) in [7, 11) is -10.1. The van der Waals surface area contributed by atoms with Crippen molar-refractivity contribution >= 4 is 57.0 Å². The highest BCUT2D eigenvalue weighted by Crippen LogP contribution is 2.45. The number of hydrogen-bond donors (Lipinski definition) is 12. The van der Waals surface area contributed by atoms with Crippen LogP contribution in [0.1, 0.15) is 135 Å². The molecule has 0 aliphatic carbocycles. The van der Waals surface area contributed by atoms with Crippen LogP contribution in [0.3, 0.4) is 0 Å². The average molecular weight is 1240 g/mol. The fraction of sp³-hybridized carbons (Fsp3) is 0.800. The number of ether oxygens (including phenoxy) is 5. The van der Waals surface area contributed by atoms with E-state index >= 15 is 0 Å². The van der Waals surface area contributed by atoms with E-state index in [2.05, 4.69) is 57.0 Å². The molecular weight excluding hydrogens is 1150 g/mol. The Labute approximate surface area is 488 Å². The van der Waals surface area contributed by atoms with E-state index in [9.17, 15) is 52.5 Å². The quantitative estimate of drug-likeness (QED) is 0.0316. The standard InChI is InChI=1S/C50H88N12O20P2/c1-35-37(58-48(68)56-35)13-5-3-6-15-41(63)54-23-25-77-27-29-79-31-30-78-28-26-76-24-18-43(65)53-21-10-8-14-38(57-44(66)16-7-4-9-20-52-42(64)17-19-50(2)60-61-50)47(67)55-22-11-12-36-33-62(49(69)59-46(36)51)45-32-39(82-84(73,74)75)40(81-45)34-80-83(70,71)72/h33,35,37-40,45H,3-32,34H2,1-2H3,(H,52,64)(H,53,65)(H,54,63)(H,55,67)(H,57,66)(H2,51,59,69)(H2,56,58,68)(H2,70,71,72)(H2,73,74,75)/t35-,37+,38-,39?,40+,45+/m0/s1. The number of nitrogen functional groups attached to an aromatic ring is 1. The molecule has 3 aliphatic rings. The van der Waals surface area contributed by atoms with Crippen LogP contribution in [0.2, 0.25) is 0 Å². The van der Waals surface area contributed by atoms with E-state index in [-0.39, 0.29) is 106 Å².